The van der Waals surface area contributed by atoms with Gasteiger partial charge < -0.3 is 0 Å². The summed E-state index contributed by atoms with van der Waals surface area (Å²) < 4.78 is 64.8. The Labute approximate surface area is 133 Å². The molecule has 2 aromatic rings. The Balaban J connectivity index is 2.13. The topological polar surface area (TPSA) is 46.2 Å². The molecule has 0 aliphatic carbocycles. The lowest BCUT2D eigenvalue weighted by atomic mass is 10.1. The second-order valence-electron chi connectivity index (χ2n) is 5.21. The fraction of sp³-hybridized carbons (Fsp3) is 0.250. The van der Waals surface area contributed by atoms with E-state index in [2.05, 4.69) is 4.72 Å². The van der Waals surface area contributed by atoms with Crippen LogP contribution in [0.2, 0.25) is 0 Å². The number of benzene rings is 2. The Morgan fingerprint density at radius 2 is 1.70 bits per heavy atom. The smallest absolute Gasteiger partial charge is 0.212 e. The van der Waals surface area contributed by atoms with E-state index in [0.717, 1.165) is 12.1 Å². The molecule has 1 unspecified atom stereocenters. The molecule has 124 valence electrons. The number of alkyl halides is 3. The maximum atomic E-state index is 12.7. The number of rotatable bonds is 5. The Hall–Kier alpha value is -1.86. The zero-order chi connectivity index (χ0) is 17.1. The number of nitrogens with one attached hydrogen (secondary N) is 1. The van der Waals surface area contributed by atoms with Gasteiger partial charge in [-0.25, -0.2) is 13.1 Å². The second kappa shape index (κ2) is 6.72. The first-order valence-corrected chi connectivity index (χ1v) is 8.54. The minimum absolute atomic E-state index is 0.225. The average Bonchev–Trinajstić information content (AvgIpc) is 2.46. The molecule has 0 saturated carbocycles. The van der Waals surface area contributed by atoms with Gasteiger partial charge in [-0.1, -0.05) is 42.5 Å². The summed E-state index contributed by atoms with van der Waals surface area (Å²) in [6.45, 7) is 1.51. The molecule has 23 heavy (non-hydrogen) atoms. The van der Waals surface area contributed by atoms with Crippen molar-refractivity contribution in [2.45, 2.75) is 24.9 Å². The summed E-state index contributed by atoms with van der Waals surface area (Å²) in [7, 11) is -3.66. The summed E-state index contributed by atoms with van der Waals surface area (Å²) in [6, 6.07) is 12.4. The number of hydrogen-bond acceptors (Lipinski definition) is 2. The van der Waals surface area contributed by atoms with Gasteiger partial charge in [0.1, 0.15) is 0 Å². The van der Waals surface area contributed by atoms with Gasteiger partial charge in [0.05, 0.1) is 11.3 Å². The fourth-order valence-electron chi connectivity index (χ4n) is 2.16. The normalized spacial score (nSPS) is 13.7. The molecule has 0 aliphatic heterocycles. The quantitative estimate of drug-likeness (QED) is 0.895. The highest BCUT2D eigenvalue weighted by molar-refractivity contribution is 7.88. The van der Waals surface area contributed by atoms with E-state index < -0.39 is 27.8 Å². The number of hydrogen-bond donors (Lipinski definition) is 1. The van der Waals surface area contributed by atoms with E-state index in [1.165, 1.54) is 19.1 Å². The van der Waals surface area contributed by atoms with E-state index in [1.54, 1.807) is 30.3 Å². The van der Waals surface area contributed by atoms with Crippen molar-refractivity contribution >= 4 is 10.0 Å². The SMILES string of the molecule is CC(NS(=O)(=O)Cc1ccccc1)c1cccc(C(F)(F)F)c1. The molecule has 0 heterocycles. The van der Waals surface area contributed by atoms with Gasteiger partial charge in [0.2, 0.25) is 10.0 Å². The molecule has 0 radical (unpaired) electrons. The maximum Gasteiger partial charge on any atom is 0.416 e. The minimum Gasteiger partial charge on any atom is -0.212 e. The second-order valence-corrected chi connectivity index (χ2v) is 6.96. The summed E-state index contributed by atoms with van der Waals surface area (Å²) >= 11 is 0. The van der Waals surface area contributed by atoms with Gasteiger partial charge in [0.25, 0.3) is 0 Å². The highest BCUT2D eigenvalue weighted by Gasteiger charge is 2.31. The predicted octanol–water partition coefficient (Wildman–Crippen LogP) is 3.89. The molecule has 2 aromatic carbocycles. The Morgan fingerprint density at radius 1 is 1.04 bits per heavy atom. The van der Waals surface area contributed by atoms with Gasteiger partial charge in [-0.15, -0.1) is 0 Å². The molecule has 7 heteroatoms. The van der Waals surface area contributed by atoms with Gasteiger partial charge in [-0.05, 0) is 30.2 Å². The third-order valence-electron chi connectivity index (χ3n) is 3.27. The zero-order valence-corrected chi connectivity index (χ0v) is 13.2. The molecular formula is C16H16F3NO2S. The molecule has 3 nitrogen and oxygen atoms in total. The first-order valence-electron chi connectivity index (χ1n) is 6.88. The summed E-state index contributed by atoms with van der Waals surface area (Å²) in [5.41, 5.74) is 0.0665. The minimum atomic E-state index is -4.46. The Morgan fingerprint density at radius 3 is 2.30 bits per heavy atom. The van der Waals surface area contributed by atoms with Crippen molar-refractivity contribution in [2.75, 3.05) is 0 Å². The van der Waals surface area contributed by atoms with Crippen molar-refractivity contribution in [2.24, 2.45) is 0 Å². The Kier molecular flexibility index (Phi) is 5.11. The van der Waals surface area contributed by atoms with Crippen molar-refractivity contribution in [3.05, 3.63) is 71.3 Å². The highest BCUT2D eigenvalue weighted by Crippen LogP contribution is 2.30. The van der Waals surface area contributed by atoms with Gasteiger partial charge in [-0.2, -0.15) is 13.2 Å². The lowest BCUT2D eigenvalue weighted by Gasteiger charge is -2.16. The van der Waals surface area contributed by atoms with Crippen LogP contribution in [0.4, 0.5) is 13.2 Å². The largest absolute Gasteiger partial charge is 0.416 e. The molecule has 1 N–H and O–H groups in total. The third-order valence-corrected chi connectivity index (χ3v) is 4.70. The van der Waals surface area contributed by atoms with E-state index in [-0.39, 0.29) is 11.3 Å². The standard InChI is InChI=1S/C16H16F3NO2S/c1-12(14-8-5-9-15(10-14)16(17,18)19)20-23(21,22)11-13-6-3-2-4-7-13/h2-10,12,20H,11H2,1H3. The Bertz CT molecular complexity index is 758. The average molecular weight is 343 g/mol. The van der Waals surface area contributed by atoms with Crippen LogP contribution in [-0.2, 0) is 22.0 Å². The third kappa shape index (κ3) is 5.07. The molecule has 0 amide bonds. The first-order chi connectivity index (χ1) is 10.7. The summed E-state index contributed by atoms with van der Waals surface area (Å²) in [4.78, 5) is 0. The van der Waals surface area contributed by atoms with Crippen LogP contribution < -0.4 is 4.72 Å². The lowest BCUT2D eigenvalue weighted by molar-refractivity contribution is -0.137. The van der Waals surface area contributed by atoms with Crippen LogP contribution in [0.3, 0.4) is 0 Å². The van der Waals surface area contributed by atoms with E-state index in [1.807, 2.05) is 0 Å². The molecule has 2 rings (SSSR count). The van der Waals surface area contributed by atoms with E-state index >= 15 is 0 Å². The van der Waals surface area contributed by atoms with Gasteiger partial charge in [0, 0.05) is 6.04 Å². The van der Waals surface area contributed by atoms with Crippen LogP contribution >= 0.6 is 0 Å². The summed E-state index contributed by atoms with van der Waals surface area (Å²) in [6.07, 6.45) is -4.46. The first kappa shape index (κ1) is 17.5. The predicted molar refractivity (Wildman–Crippen MR) is 82.1 cm³/mol. The zero-order valence-electron chi connectivity index (χ0n) is 12.3. The van der Waals surface area contributed by atoms with E-state index in [9.17, 15) is 21.6 Å². The number of sulfonamides is 1. The van der Waals surface area contributed by atoms with Gasteiger partial charge >= 0.3 is 6.18 Å². The molecule has 0 aliphatic rings. The number of halogens is 3. The van der Waals surface area contributed by atoms with E-state index in [4.69, 9.17) is 0 Å². The molecule has 0 bridgehead atoms. The van der Waals surface area contributed by atoms with Crippen molar-refractivity contribution < 1.29 is 21.6 Å². The van der Waals surface area contributed by atoms with E-state index in [0.29, 0.717) is 5.56 Å². The lowest BCUT2D eigenvalue weighted by Crippen LogP contribution is -2.28. The molecule has 0 fully saturated rings. The van der Waals surface area contributed by atoms with Crippen LogP contribution in [-0.4, -0.2) is 8.42 Å². The summed E-state index contributed by atoms with van der Waals surface area (Å²) in [5.74, 6) is -0.225. The van der Waals surface area contributed by atoms with Gasteiger partial charge in [-0.3, -0.25) is 0 Å². The highest BCUT2D eigenvalue weighted by atomic mass is 32.2. The van der Waals surface area contributed by atoms with Gasteiger partial charge in [0.15, 0.2) is 0 Å². The monoisotopic (exact) mass is 343 g/mol. The van der Waals surface area contributed by atoms with Crippen LogP contribution in [0.25, 0.3) is 0 Å². The molecule has 0 saturated heterocycles. The van der Waals surface area contributed by atoms with Crippen molar-refractivity contribution in [1.29, 1.82) is 0 Å². The van der Waals surface area contributed by atoms with Crippen molar-refractivity contribution in [3.63, 3.8) is 0 Å². The molecule has 1 atom stereocenters. The maximum absolute atomic E-state index is 12.7. The molecular weight excluding hydrogens is 327 g/mol. The van der Waals surface area contributed by atoms with Crippen LogP contribution in [0.15, 0.2) is 54.6 Å². The van der Waals surface area contributed by atoms with Crippen LogP contribution in [0, 0.1) is 0 Å². The van der Waals surface area contributed by atoms with Crippen molar-refractivity contribution in [1.82, 2.24) is 4.72 Å². The summed E-state index contributed by atoms with van der Waals surface area (Å²) in [5, 5.41) is 0. The molecule has 0 spiro atoms. The van der Waals surface area contributed by atoms with Crippen molar-refractivity contribution in [3.8, 4) is 0 Å². The molecule has 0 aromatic heterocycles. The fourth-order valence-corrected chi connectivity index (χ4v) is 3.55. The van der Waals surface area contributed by atoms with Crippen LogP contribution in [0.1, 0.15) is 29.7 Å². The van der Waals surface area contributed by atoms with Crippen LogP contribution in [0.5, 0.6) is 0 Å².